The molecule has 8 nitrogen and oxygen atoms in total. The Kier molecular flexibility index (Phi) is 3.38. The molecule has 0 fully saturated rings. The average molecular weight is 224 g/mol. The summed E-state index contributed by atoms with van der Waals surface area (Å²) in [4.78, 5) is 20.7. The molecule has 0 spiro atoms. The van der Waals surface area contributed by atoms with Crippen LogP contribution in [0.2, 0.25) is 0 Å². The molecule has 0 aliphatic rings. The van der Waals surface area contributed by atoms with Gasteiger partial charge in [0.05, 0.1) is 6.07 Å². The van der Waals surface area contributed by atoms with Crippen molar-refractivity contribution in [2.45, 2.75) is 0 Å². The van der Waals surface area contributed by atoms with E-state index in [-0.39, 0.29) is 11.6 Å². The van der Waals surface area contributed by atoms with E-state index in [1.807, 2.05) is 0 Å². The van der Waals surface area contributed by atoms with Gasteiger partial charge in [-0.25, -0.2) is 0 Å². The first kappa shape index (κ1) is 11.4. The molecular formula is C8H8N4O4. The lowest BCUT2D eigenvalue weighted by molar-refractivity contribution is -0.402. The Balaban J connectivity index is 2.77. The summed E-state index contributed by atoms with van der Waals surface area (Å²) in [6.45, 7) is 0. The minimum atomic E-state index is -0.686. The van der Waals surface area contributed by atoms with Gasteiger partial charge in [-0.3, -0.25) is 14.9 Å². The van der Waals surface area contributed by atoms with Gasteiger partial charge >= 0.3 is 5.88 Å². The van der Waals surface area contributed by atoms with Crippen LogP contribution in [0.4, 0.5) is 5.88 Å². The molecule has 8 heteroatoms. The van der Waals surface area contributed by atoms with Crippen LogP contribution in [-0.2, 0) is 4.79 Å². The highest BCUT2D eigenvalue weighted by molar-refractivity contribution is 6.43. The number of hydrazone groups is 1. The fourth-order valence-corrected chi connectivity index (χ4v) is 0.837. The third-order valence-corrected chi connectivity index (χ3v) is 1.58. The first-order chi connectivity index (χ1) is 7.54. The molecule has 16 heavy (non-hydrogen) atoms. The number of carbonyl (C=O) groups excluding carboxylic acids is 1. The number of hydrogen-bond acceptors (Lipinski definition) is 6. The topological polar surface area (TPSA) is 138 Å². The van der Waals surface area contributed by atoms with E-state index in [9.17, 15) is 14.9 Å². The molecule has 1 aromatic heterocycles. The molecule has 84 valence electrons. The van der Waals surface area contributed by atoms with Crippen LogP contribution < -0.4 is 11.6 Å². The number of nitrogens with zero attached hydrogens (tertiary/aromatic N) is 2. The van der Waals surface area contributed by atoms with Crippen molar-refractivity contribution in [2.75, 3.05) is 0 Å². The van der Waals surface area contributed by atoms with Crippen LogP contribution in [0, 0.1) is 10.1 Å². The number of amidine groups is 1. The van der Waals surface area contributed by atoms with Crippen LogP contribution in [0.1, 0.15) is 5.76 Å². The number of ketones is 1. The van der Waals surface area contributed by atoms with Gasteiger partial charge in [-0.05, 0) is 18.2 Å². The van der Waals surface area contributed by atoms with Gasteiger partial charge in [-0.1, -0.05) is 0 Å². The summed E-state index contributed by atoms with van der Waals surface area (Å²) in [5, 5.41) is 13.3. The lowest BCUT2D eigenvalue weighted by Crippen LogP contribution is -2.23. The Hall–Kier alpha value is -2.64. The molecule has 0 aromatic carbocycles. The Morgan fingerprint density at radius 2 is 2.25 bits per heavy atom. The minimum Gasteiger partial charge on any atom is -0.401 e. The standard InChI is InChI=1S/C8H8N4O4/c9-8(11-10)6(13)3-1-5-2-4-7(16-5)12(14)15/h1-4H,10H2,(H2,9,11). The molecular weight excluding hydrogens is 216 g/mol. The fourth-order valence-electron chi connectivity index (χ4n) is 0.837. The SMILES string of the molecule is NN=C(N)C(=O)C=Cc1ccc([N+](=O)[O-])o1. The van der Waals surface area contributed by atoms with E-state index < -0.39 is 16.6 Å². The van der Waals surface area contributed by atoms with Gasteiger partial charge < -0.3 is 16.0 Å². The second-order valence-corrected chi connectivity index (χ2v) is 2.65. The predicted octanol–water partition coefficient (Wildman–Crippen LogP) is 0.00100. The largest absolute Gasteiger partial charge is 0.433 e. The van der Waals surface area contributed by atoms with Gasteiger partial charge in [0.25, 0.3) is 0 Å². The van der Waals surface area contributed by atoms with E-state index in [4.69, 9.17) is 16.0 Å². The zero-order chi connectivity index (χ0) is 12.1. The summed E-state index contributed by atoms with van der Waals surface area (Å²) in [6.07, 6.45) is 2.28. The number of nitro groups is 1. The monoisotopic (exact) mass is 224 g/mol. The van der Waals surface area contributed by atoms with Gasteiger partial charge in [-0.2, -0.15) is 5.10 Å². The maximum atomic E-state index is 11.1. The lowest BCUT2D eigenvalue weighted by atomic mass is 10.3. The summed E-state index contributed by atoms with van der Waals surface area (Å²) < 4.78 is 4.76. The van der Waals surface area contributed by atoms with Crippen molar-refractivity contribution >= 4 is 23.6 Å². The van der Waals surface area contributed by atoms with E-state index in [1.54, 1.807) is 0 Å². The third-order valence-electron chi connectivity index (χ3n) is 1.58. The normalized spacial score (nSPS) is 11.9. The molecule has 1 aromatic rings. The number of hydrogen-bond donors (Lipinski definition) is 2. The van der Waals surface area contributed by atoms with Crippen LogP contribution in [0.3, 0.4) is 0 Å². The summed E-state index contributed by atoms with van der Waals surface area (Å²) >= 11 is 0. The highest BCUT2D eigenvalue weighted by Crippen LogP contribution is 2.16. The highest BCUT2D eigenvalue weighted by Gasteiger charge is 2.10. The molecule has 0 radical (unpaired) electrons. The Bertz CT molecular complexity index is 474. The maximum absolute atomic E-state index is 11.1. The van der Waals surface area contributed by atoms with Crippen LogP contribution in [0.25, 0.3) is 6.08 Å². The highest BCUT2D eigenvalue weighted by atomic mass is 16.6. The summed E-state index contributed by atoms with van der Waals surface area (Å²) in [5.41, 5.74) is 5.12. The maximum Gasteiger partial charge on any atom is 0.433 e. The summed E-state index contributed by atoms with van der Waals surface area (Å²) in [5.74, 6) is 3.56. The summed E-state index contributed by atoms with van der Waals surface area (Å²) in [7, 11) is 0. The molecule has 4 N–H and O–H groups in total. The molecule has 0 aliphatic heterocycles. The molecule has 0 unspecified atom stereocenters. The Morgan fingerprint density at radius 1 is 1.56 bits per heavy atom. The first-order valence-electron chi connectivity index (χ1n) is 4.04. The van der Waals surface area contributed by atoms with Crippen LogP contribution >= 0.6 is 0 Å². The molecule has 0 aliphatic carbocycles. The Labute approximate surface area is 89.4 Å². The molecule has 0 amide bonds. The summed E-state index contributed by atoms with van der Waals surface area (Å²) in [6, 6.07) is 2.52. The second-order valence-electron chi connectivity index (χ2n) is 2.65. The van der Waals surface area contributed by atoms with Crippen molar-refractivity contribution in [3.8, 4) is 0 Å². The van der Waals surface area contributed by atoms with E-state index in [0.29, 0.717) is 0 Å². The van der Waals surface area contributed by atoms with Gasteiger partial charge in [0.2, 0.25) is 5.78 Å². The van der Waals surface area contributed by atoms with Crippen molar-refractivity contribution < 1.29 is 14.1 Å². The van der Waals surface area contributed by atoms with Crippen LogP contribution in [-0.4, -0.2) is 16.5 Å². The number of nitrogens with two attached hydrogens (primary N) is 2. The van der Waals surface area contributed by atoms with Gasteiger partial charge in [0.1, 0.15) is 10.7 Å². The molecule has 0 saturated heterocycles. The molecule has 1 rings (SSSR count). The van der Waals surface area contributed by atoms with E-state index in [2.05, 4.69) is 5.10 Å². The minimum absolute atomic E-state index is 0.157. The third kappa shape index (κ3) is 2.67. The van der Waals surface area contributed by atoms with E-state index in [1.165, 1.54) is 18.2 Å². The van der Waals surface area contributed by atoms with E-state index >= 15 is 0 Å². The smallest absolute Gasteiger partial charge is 0.401 e. The van der Waals surface area contributed by atoms with Crippen LogP contribution in [0.5, 0.6) is 0 Å². The van der Waals surface area contributed by atoms with Gasteiger partial charge in [0, 0.05) is 0 Å². The number of rotatable bonds is 4. The van der Waals surface area contributed by atoms with Gasteiger partial charge in [0.15, 0.2) is 5.84 Å². The second kappa shape index (κ2) is 4.73. The Morgan fingerprint density at radius 3 is 2.75 bits per heavy atom. The zero-order valence-corrected chi connectivity index (χ0v) is 7.99. The lowest BCUT2D eigenvalue weighted by Gasteiger charge is -1.89. The van der Waals surface area contributed by atoms with Crippen LogP contribution in [0.15, 0.2) is 27.7 Å². The zero-order valence-electron chi connectivity index (χ0n) is 7.99. The quantitative estimate of drug-likeness (QED) is 0.184. The molecule has 0 atom stereocenters. The average Bonchev–Trinajstić information content (AvgIpc) is 2.73. The van der Waals surface area contributed by atoms with Crippen molar-refractivity contribution in [2.24, 2.45) is 16.7 Å². The fraction of sp³-hybridized carbons (Fsp3) is 0. The van der Waals surface area contributed by atoms with Crippen molar-refractivity contribution in [3.63, 3.8) is 0 Å². The van der Waals surface area contributed by atoms with Gasteiger partial charge in [-0.15, -0.1) is 0 Å². The molecule has 0 saturated carbocycles. The van der Waals surface area contributed by atoms with Crippen molar-refractivity contribution in [1.29, 1.82) is 0 Å². The van der Waals surface area contributed by atoms with Crippen molar-refractivity contribution in [3.05, 3.63) is 34.1 Å². The number of furan rings is 1. The molecule has 0 bridgehead atoms. The molecule has 1 heterocycles. The number of carbonyl (C=O) groups is 1. The predicted molar refractivity (Wildman–Crippen MR) is 55.2 cm³/mol. The van der Waals surface area contributed by atoms with E-state index in [0.717, 1.165) is 6.08 Å². The first-order valence-corrected chi connectivity index (χ1v) is 4.04. The van der Waals surface area contributed by atoms with Crippen molar-refractivity contribution in [1.82, 2.24) is 0 Å².